The van der Waals surface area contributed by atoms with Crippen LogP contribution in [0.15, 0.2) is 30.3 Å². The summed E-state index contributed by atoms with van der Waals surface area (Å²) in [5.74, 6) is 2.65. The summed E-state index contributed by atoms with van der Waals surface area (Å²) in [6, 6.07) is 9.78. The van der Waals surface area contributed by atoms with E-state index in [4.69, 9.17) is 18.9 Å². The lowest BCUT2D eigenvalue weighted by Gasteiger charge is -2.36. The van der Waals surface area contributed by atoms with Gasteiger partial charge in [0.2, 0.25) is 0 Å². The Bertz CT molecular complexity index is 1170. The fourth-order valence-corrected chi connectivity index (χ4v) is 5.90. The third-order valence-electron chi connectivity index (χ3n) is 7.97. The molecule has 2 aromatic rings. The second kappa shape index (κ2) is 10.6. The molecule has 0 spiro atoms. The summed E-state index contributed by atoms with van der Waals surface area (Å²) in [6.45, 7) is 1.44. The normalized spacial score (nSPS) is 23.2. The predicted molar refractivity (Wildman–Crippen MR) is 140 cm³/mol. The van der Waals surface area contributed by atoms with Gasteiger partial charge in [0.15, 0.2) is 11.5 Å². The number of amides is 1. The van der Waals surface area contributed by atoms with Crippen LogP contribution in [-0.4, -0.2) is 45.4 Å². The van der Waals surface area contributed by atoms with Crippen LogP contribution in [0, 0.1) is 0 Å². The summed E-state index contributed by atoms with van der Waals surface area (Å²) in [5.41, 5.74) is 4.21. The van der Waals surface area contributed by atoms with Crippen molar-refractivity contribution in [2.45, 2.75) is 81.8 Å². The van der Waals surface area contributed by atoms with E-state index in [9.17, 15) is 9.59 Å². The third kappa shape index (κ3) is 5.41. The molecule has 5 rings (SSSR count). The topological polar surface area (TPSA) is 83.1 Å². The largest absolute Gasteiger partial charge is 0.496 e. The zero-order valence-corrected chi connectivity index (χ0v) is 22.2. The fourth-order valence-electron chi connectivity index (χ4n) is 5.90. The molecule has 1 N–H and O–H groups in total. The Hall–Kier alpha value is -3.22. The molecule has 0 radical (unpaired) electrons. The first-order chi connectivity index (χ1) is 17.9. The van der Waals surface area contributed by atoms with Crippen molar-refractivity contribution in [1.82, 2.24) is 5.32 Å². The molecule has 2 aromatic carbocycles. The molecular formula is C30H37NO6. The highest BCUT2D eigenvalue weighted by Gasteiger charge is 2.38. The Balaban J connectivity index is 1.43. The molecule has 3 fully saturated rings. The van der Waals surface area contributed by atoms with Crippen LogP contribution >= 0.6 is 0 Å². The summed E-state index contributed by atoms with van der Waals surface area (Å²) >= 11 is 0. The lowest BCUT2D eigenvalue weighted by atomic mass is 9.78. The Kier molecular flexibility index (Phi) is 7.31. The summed E-state index contributed by atoms with van der Waals surface area (Å²) in [4.78, 5) is 25.4. The quantitative estimate of drug-likeness (QED) is 0.454. The summed E-state index contributed by atoms with van der Waals surface area (Å²) in [6.07, 6.45) is 6.55. The smallest absolute Gasteiger partial charge is 0.302 e. The van der Waals surface area contributed by atoms with Gasteiger partial charge in [-0.2, -0.15) is 0 Å². The van der Waals surface area contributed by atoms with E-state index < -0.39 is 0 Å². The number of carbonyl (C=O) groups excluding carboxylic acids is 2. The van der Waals surface area contributed by atoms with Gasteiger partial charge in [-0.15, -0.1) is 0 Å². The molecule has 3 saturated carbocycles. The van der Waals surface area contributed by atoms with Crippen LogP contribution in [0.1, 0.15) is 96.7 Å². The highest BCUT2D eigenvalue weighted by Crippen LogP contribution is 2.53. The summed E-state index contributed by atoms with van der Waals surface area (Å²) in [5, 5.41) is 3.32. The van der Waals surface area contributed by atoms with Crippen LogP contribution in [0.25, 0.3) is 0 Å². The Morgan fingerprint density at radius 2 is 1.57 bits per heavy atom. The highest BCUT2D eigenvalue weighted by atomic mass is 16.5. The maximum absolute atomic E-state index is 13.7. The van der Waals surface area contributed by atoms with Crippen molar-refractivity contribution in [3.05, 3.63) is 52.6 Å². The van der Waals surface area contributed by atoms with Gasteiger partial charge in [0, 0.05) is 24.4 Å². The molecule has 0 saturated heterocycles. The average Bonchev–Trinajstić information content (AvgIpc) is 3.81. The van der Waals surface area contributed by atoms with E-state index in [0.717, 1.165) is 24.2 Å². The van der Waals surface area contributed by atoms with E-state index in [0.29, 0.717) is 48.2 Å². The molecule has 0 bridgehead atoms. The van der Waals surface area contributed by atoms with Crippen molar-refractivity contribution in [3.8, 4) is 17.2 Å². The highest BCUT2D eigenvalue weighted by molar-refractivity contribution is 5.98. The fraction of sp³-hybridized carbons (Fsp3) is 0.533. The van der Waals surface area contributed by atoms with Crippen molar-refractivity contribution < 1.29 is 28.5 Å². The standard InChI is InChI=1S/C30H37NO6/c1-17(32)37-21-10-13-25(24(16-21)20-9-14-26(34-2)27(15-20)35-3)31-30(33)23-12-11-22(18-5-6-18)28(19-7-8-19)29(23)36-4/h9,11-12,14-15,18-19,21,24-25H,5-8,10,13,16H2,1-4H3,(H,31,33). The number of nitrogens with one attached hydrogen (secondary N) is 1. The molecule has 0 heterocycles. The van der Waals surface area contributed by atoms with Gasteiger partial charge in [0.25, 0.3) is 5.91 Å². The number of hydrogen-bond donors (Lipinski definition) is 1. The molecule has 3 atom stereocenters. The van der Waals surface area contributed by atoms with E-state index in [1.165, 1.54) is 30.9 Å². The molecule has 0 aromatic heterocycles. The zero-order valence-electron chi connectivity index (χ0n) is 22.2. The molecule has 3 aliphatic carbocycles. The Labute approximate surface area is 218 Å². The van der Waals surface area contributed by atoms with Crippen LogP contribution in [0.4, 0.5) is 0 Å². The van der Waals surface area contributed by atoms with Gasteiger partial charge in [0.1, 0.15) is 11.9 Å². The molecular weight excluding hydrogens is 470 g/mol. The molecule has 3 aliphatic rings. The minimum Gasteiger partial charge on any atom is -0.496 e. The zero-order chi connectivity index (χ0) is 26.1. The van der Waals surface area contributed by atoms with Crippen molar-refractivity contribution in [1.29, 1.82) is 0 Å². The molecule has 3 unspecified atom stereocenters. The minimum absolute atomic E-state index is 0.0542. The monoisotopic (exact) mass is 507 g/mol. The maximum Gasteiger partial charge on any atom is 0.302 e. The number of methoxy groups -OCH3 is 3. The maximum atomic E-state index is 13.7. The Morgan fingerprint density at radius 3 is 2.19 bits per heavy atom. The number of hydrogen-bond acceptors (Lipinski definition) is 6. The van der Waals surface area contributed by atoms with Gasteiger partial charge in [-0.3, -0.25) is 9.59 Å². The number of rotatable bonds is 9. The first-order valence-corrected chi connectivity index (χ1v) is 13.3. The van der Waals surface area contributed by atoms with Gasteiger partial charge in [0.05, 0.1) is 26.9 Å². The van der Waals surface area contributed by atoms with E-state index in [1.54, 1.807) is 21.3 Å². The van der Waals surface area contributed by atoms with Gasteiger partial charge >= 0.3 is 5.97 Å². The third-order valence-corrected chi connectivity index (χ3v) is 7.97. The second-order valence-electron chi connectivity index (χ2n) is 10.5. The van der Waals surface area contributed by atoms with E-state index in [2.05, 4.69) is 11.4 Å². The summed E-state index contributed by atoms with van der Waals surface area (Å²) < 4.78 is 22.4. The van der Waals surface area contributed by atoms with Crippen LogP contribution < -0.4 is 19.5 Å². The van der Waals surface area contributed by atoms with Crippen LogP contribution in [0.2, 0.25) is 0 Å². The number of ether oxygens (including phenoxy) is 4. The second-order valence-corrected chi connectivity index (χ2v) is 10.5. The number of benzene rings is 2. The molecule has 37 heavy (non-hydrogen) atoms. The van der Waals surface area contributed by atoms with Gasteiger partial charge in [-0.05, 0) is 86.1 Å². The van der Waals surface area contributed by atoms with Crippen molar-refractivity contribution in [2.75, 3.05) is 21.3 Å². The first kappa shape index (κ1) is 25.4. The van der Waals surface area contributed by atoms with Gasteiger partial charge in [-0.25, -0.2) is 0 Å². The molecule has 7 heteroatoms. The molecule has 0 aliphatic heterocycles. The SMILES string of the molecule is COc1ccc(C2CC(OC(C)=O)CCC2NC(=O)c2ccc(C3CC3)c(C3CC3)c2OC)cc1OC. The number of esters is 1. The lowest BCUT2D eigenvalue weighted by Crippen LogP contribution is -2.44. The minimum atomic E-state index is -0.286. The predicted octanol–water partition coefficient (Wildman–Crippen LogP) is 5.47. The van der Waals surface area contributed by atoms with Crippen molar-refractivity contribution >= 4 is 11.9 Å². The average molecular weight is 508 g/mol. The number of carbonyl (C=O) groups is 2. The van der Waals surface area contributed by atoms with Gasteiger partial charge < -0.3 is 24.3 Å². The molecule has 198 valence electrons. The van der Waals surface area contributed by atoms with E-state index >= 15 is 0 Å². The van der Waals surface area contributed by atoms with E-state index in [1.807, 2.05) is 24.3 Å². The van der Waals surface area contributed by atoms with Crippen molar-refractivity contribution in [2.24, 2.45) is 0 Å². The van der Waals surface area contributed by atoms with Crippen LogP contribution in [0.3, 0.4) is 0 Å². The lowest BCUT2D eigenvalue weighted by molar-refractivity contribution is -0.148. The van der Waals surface area contributed by atoms with Crippen LogP contribution in [0.5, 0.6) is 17.2 Å². The first-order valence-electron chi connectivity index (χ1n) is 13.3. The molecule has 1 amide bonds. The molecule has 7 nitrogen and oxygen atoms in total. The summed E-state index contributed by atoms with van der Waals surface area (Å²) in [7, 11) is 4.89. The van der Waals surface area contributed by atoms with Crippen molar-refractivity contribution in [3.63, 3.8) is 0 Å². The van der Waals surface area contributed by atoms with Gasteiger partial charge in [-0.1, -0.05) is 12.1 Å². The Morgan fingerprint density at radius 1 is 0.838 bits per heavy atom. The van der Waals surface area contributed by atoms with Crippen LogP contribution in [-0.2, 0) is 9.53 Å². The van der Waals surface area contributed by atoms with E-state index in [-0.39, 0.29) is 29.9 Å².